The van der Waals surface area contributed by atoms with Gasteiger partial charge in [-0.1, -0.05) is 42.8 Å². The van der Waals surface area contributed by atoms with Crippen molar-refractivity contribution in [3.63, 3.8) is 0 Å². The summed E-state index contributed by atoms with van der Waals surface area (Å²) >= 11 is 6.15. The molecule has 8 heteroatoms. The Hall–Kier alpha value is -3.16. The van der Waals surface area contributed by atoms with Crippen LogP contribution in [0.5, 0.6) is 17.5 Å². The Balaban J connectivity index is 1.46. The lowest BCUT2D eigenvalue weighted by Crippen LogP contribution is -2.34. The molecule has 1 aliphatic carbocycles. The number of aryl methyl sites for hydroxylation is 1. The molecule has 4 rings (SSSR count). The van der Waals surface area contributed by atoms with Crippen LogP contribution in [0, 0.1) is 11.8 Å². The average Bonchev–Trinajstić information content (AvgIpc) is 3.26. The number of carboxylic acid groups (broad SMARTS) is 1. The second-order valence-corrected chi connectivity index (χ2v) is 11.0. The highest BCUT2D eigenvalue weighted by Gasteiger charge is 2.28. The van der Waals surface area contributed by atoms with Gasteiger partial charge in [0.2, 0.25) is 0 Å². The zero-order valence-electron chi connectivity index (χ0n) is 22.7. The number of halogens is 1. The van der Waals surface area contributed by atoms with Crippen LogP contribution in [0.25, 0.3) is 0 Å². The first kappa shape index (κ1) is 28.8. The summed E-state index contributed by atoms with van der Waals surface area (Å²) in [5, 5.41) is 29.8. The minimum absolute atomic E-state index is 0.00788. The predicted molar refractivity (Wildman–Crippen MR) is 152 cm³/mol. The van der Waals surface area contributed by atoms with Crippen molar-refractivity contribution < 1.29 is 24.9 Å². The first-order valence-electron chi connectivity index (χ1n) is 13.8. The average molecular weight is 555 g/mol. The van der Waals surface area contributed by atoms with Gasteiger partial charge in [-0.2, -0.15) is 0 Å². The molecule has 1 heterocycles. The van der Waals surface area contributed by atoms with E-state index in [0.717, 1.165) is 61.5 Å². The normalized spacial score (nSPS) is 18.3. The van der Waals surface area contributed by atoms with E-state index in [0.29, 0.717) is 19.1 Å². The van der Waals surface area contributed by atoms with Crippen LogP contribution >= 0.6 is 11.6 Å². The third-order valence-corrected chi connectivity index (χ3v) is 8.24. The number of hydrogen-bond acceptors (Lipinski definition) is 5. The first-order valence-corrected chi connectivity index (χ1v) is 14.2. The SMILES string of the molecule is CCc1cc(CN(CC2CCC(C(=O)O)CC2)[C@@H](C)c2ccc(Cl)cc2)ccc1OCCn1c(O)ccc1O. The van der Waals surface area contributed by atoms with Crippen molar-refractivity contribution in [3.05, 3.63) is 76.3 Å². The molecule has 0 spiro atoms. The second kappa shape index (κ2) is 13.3. The lowest BCUT2D eigenvalue weighted by atomic mass is 9.81. The van der Waals surface area contributed by atoms with E-state index in [1.54, 1.807) is 0 Å². The van der Waals surface area contributed by atoms with Gasteiger partial charge in [0.05, 0.1) is 12.5 Å². The Morgan fingerprint density at radius 3 is 2.33 bits per heavy atom. The third kappa shape index (κ3) is 7.49. The summed E-state index contributed by atoms with van der Waals surface area (Å²) in [6.07, 6.45) is 4.16. The second-order valence-electron chi connectivity index (χ2n) is 10.6. The van der Waals surface area contributed by atoms with Crippen molar-refractivity contribution >= 4 is 17.6 Å². The lowest BCUT2D eigenvalue weighted by molar-refractivity contribution is -0.143. The number of carbonyl (C=O) groups is 1. The highest BCUT2D eigenvalue weighted by atomic mass is 35.5. The van der Waals surface area contributed by atoms with Crippen LogP contribution in [-0.4, -0.2) is 43.9 Å². The molecule has 210 valence electrons. The summed E-state index contributed by atoms with van der Waals surface area (Å²) in [4.78, 5) is 13.9. The molecule has 0 saturated heterocycles. The highest BCUT2D eigenvalue weighted by molar-refractivity contribution is 6.30. The molecule has 0 bridgehead atoms. The number of rotatable bonds is 12. The number of ether oxygens (including phenoxy) is 1. The topological polar surface area (TPSA) is 95.2 Å². The monoisotopic (exact) mass is 554 g/mol. The molecule has 3 aromatic rings. The van der Waals surface area contributed by atoms with Crippen molar-refractivity contribution in [2.24, 2.45) is 11.8 Å². The highest BCUT2D eigenvalue weighted by Crippen LogP contribution is 2.33. The van der Waals surface area contributed by atoms with Gasteiger partial charge in [0.15, 0.2) is 11.8 Å². The molecular weight excluding hydrogens is 516 g/mol. The summed E-state index contributed by atoms with van der Waals surface area (Å²) in [6, 6.07) is 17.4. The molecule has 0 unspecified atom stereocenters. The molecule has 0 aliphatic heterocycles. The van der Waals surface area contributed by atoms with E-state index in [1.165, 1.54) is 27.8 Å². The largest absolute Gasteiger partial charge is 0.494 e. The molecule has 0 amide bonds. The maximum Gasteiger partial charge on any atom is 0.306 e. The predicted octanol–water partition coefficient (Wildman–Crippen LogP) is 6.65. The number of aliphatic carboxylic acids is 1. The molecule has 1 aromatic heterocycles. The molecule has 1 atom stereocenters. The summed E-state index contributed by atoms with van der Waals surface area (Å²) in [5.41, 5.74) is 3.50. The summed E-state index contributed by atoms with van der Waals surface area (Å²) in [5.74, 6) is 0.397. The standard InChI is InChI=1S/C31H39ClN2O5/c1-3-24-18-23(6-13-28(24)39-17-16-34-29(35)14-15-30(34)36)20-33(21(2)25-9-11-27(32)12-10-25)19-22-4-7-26(8-5-22)31(37)38/h6,9-15,18,21-22,26,35-36H,3-5,7-8,16-17,19-20H2,1-2H3,(H,37,38)/t21-,22?,26?/m0/s1. The van der Waals surface area contributed by atoms with Crippen LogP contribution in [0.4, 0.5) is 0 Å². The maximum atomic E-state index is 11.4. The van der Waals surface area contributed by atoms with Crippen molar-refractivity contribution in [1.29, 1.82) is 0 Å². The van der Waals surface area contributed by atoms with E-state index in [-0.39, 0.29) is 23.7 Å². The smallest absolute Gasteiger partial charge is 0.306 e. The molecule has 39 heavy (non-hydrogen) atoms. The van der Waals surface area contributed by atoms with Crippen LogP contribution in [0.3, 0.4) is 0 Å². The minimum Gasteiger partial charge on any atom is -0.494 e. The number of aromatic hydroxyl groups is 2. The molecule has 3 N–H and O–H groups in total. The molecule has 1 saturated carbocycles. The van der Waals surface area contributed by atoms with Gasteiger partial charge in [0.1, 0.15) is 12.4 Å². The molecule has 2 aromatic carbocycles. The van der Waals surface area contributed by atoms with Crippen molar-refractivity contribution in [3.8, 4) is 17.5 Å². The lowest BCUT2D eigenvalue weighted by Gasteiger charge is -2.35. The Bertz CT molecular complexity index is 1210. The van der Waals surface area contributed by atoms with Crippen molar-refractivity contribution in [2.45, 2.75) is 65.1 Å². The van der Waals surface area contributed by atoms with E-state index in [9.17, 15) is 20.1 Å². The Morgan fingerprint density at radius 2 is 1.72 bits per heavy atom. The fourth-order valence-corrected chi connectivity index (χ4v) is 5.67. The first-order chi connectivity index (χ1) is 18.7. The molecular formula is C31H39ClN2O5. The van der Waals surface area contributed by atoms with Gasteiger partial charge in [0.25, 0.3) is 0 Å². The van der Waals surface area contributed by atoms with E-state index < -0.39 is 5.97 Å². The molecule has 1 fully saturated rings. The molecule has 1 aliphatic rings. The van der Waals surface area contributed by atoms with Gasteiger partial charge < -0.3 is 20.1 Å². The van der Waals surface area contributed by atoms with Crippen LogP contribution < -0.4 is 4.74 Å². The fourth-order valence-electron chi connectivity index (χ4n) is 5.54. The number of carboxylic acids is 1. The summed E-state index contributed by atoms with van der Waals surface area (Å²) < 4.78 is 7.44. The van der Waals surface area contributed by atoms with Crippen molar-refractivity contribution in [1.82, 2.24) is 9.47 Å². The summed E-state index contributed by atoms with van der Waals surface area (Å²) in [7, 11) is 0. The quantitative estimate of drug-likeness (QED) is 0.232. The van der Waals surface area contributed by atoms with Gasteiger partial charge in [-0.05, 0) is 79.8 Å². The minimum atomic E-state index is -0.670. The van der Waals surface area contributed by atoms with Crippen molar-refractivity contribution in [2.75, 3.05) is 13.2 Å². The third-order valence-electron chi connectivity index (χ3n) is 7.99. The maximum absolute atomic E-state index is 11.4. The van der Waals surface area contributed by atoms with Gasteiger partial charge in [-0.25, -0.2) is 0 Å². The summed E-state index contributed by atoms with van der Waals surface area (Å²) in [6.45, 7) is 6.65. The number of nitrogens with zero attached hydrogens (tertiary/aromatic N) is 2. The number of benzene rings is 2. The fraction of sp³-hybridized carbons (Fsp3) is 0.452. The Kier molecular flexibility index (Phi) is 9.81. The zero-order valence-corrected chi connectivity index (χ0v) is 23.5. The van der Waals surface area contributed by atoms with Gasteiger partial charge in [-0.15, -0.1) is 0 Å². The Labute approximate surface area is 235 Å². The van der Waals surface area contributed by atoms with Gasteiger partial charge in [-0.3, -0.25) is 14.3 Å². The van der Waals surface area contributed by atoms with E-state index in [2.05, 4.69) is 43.0 Å². The van der Waals surface area contributed by atoms with Crippen LogP contribution in [-0.2, 0) is 24.3 Å². The van der Waals surface area contributed by atoms with Crippen LogP contribution in [0.2, 0.25) is 5.02 Å². The van der Waals surface area contributed by atoms with E-state index in [1.807, 2.05) is 18.2 Å². The Morgan fingerprint density at radius 1 is 1.05 bits per heavy atom. The molecule has 0 radical (unpaired) electrons. The number of hydrogen-bond donors (Lipinski definition) is 3. The van der Waals surface area contributed by atoms with Gasteiger partial charge >= 0.3 is 5.97 Å². The van der Waals surface area contributed by atoms with Gasteiger partial charge in [0, 0.05) is 36.3 Å². The van der Waals surface area contributed by atoms with E-state index >= 15 is 0 Å². The molecule has 7 nitrogen and oxygen atoms in total. The van der Waals surface area contributed by atoms with Crippen LogP contribution in [0.15, 0.2) is 54.6 Å². The zero-order chi connectivity index (χ0) is 27.9. The van der Waals surface area contributed by atoms with Crippen LogP contribution in [0.1, 0.15) is 62.3 Å². The number of aromatic nitrogens is 1. The van der Waals surface area contributed by atoms with E-state index in [4.69, 9.17) is 16.3 Å².